The lowest BCUT2D eigenvalue weighted by Crippen LogP contribution is -2.24. The number of rotatable bonds is 0. The van der Waals surface area contributed by atoms with Crippen LogP contribution in [0.4, 0.5) is 0 Å². The van der Waals surface area contributed by atoms with E-state index in [0.717, 1.165) is 11.3 Å². The van der Waals surface area contributed by atoms with Gasteiger partial charge in [0, 0.05) is 6.92 Å². The second-order valence-electron chi connectivity index (χ2n) is 1.83. The quantitative estimate of drug-likeness (QED) is 0.487. The highest BCUT2D eigenvalue weighted by atomic mass is 32.1. The summed E-state index contributed by atoms with van der Waals surface area (Å²) >= 11 is 1.55. The van der Waals surface area contributed by atoms with Gasteiger partial charge in [0.1, 0.15) is 23.2 Å². The number of nitrogens with zero attached hydrogens (tertiary/aromatic N) is 2. The Morgan fingerprint density at radius 3 is 2.67 bits per heavy atom. The summed E-state index contributed by atoms with van der Waals surface area (Å²) < 4.78 is 1.97. The molecule has 0 fully saturated rings. The zero-order valence-electron chi connectivity index (χ0n) is 5.38. The maximum absolute atomic E-state index is 8.48. The molecular formula is C6H7N2S+. The maximum Gasteiger partial charge on any atom is 0.210 e. The van der Waals surface area contributed by atoms with E-state index in [0.29, 0.717) is 0 Å². The molecule has 0 atom stereocenters. The monoisotopic (exact) mass is 139 g/mol. The van der Waals surface area contributed by atoms with Gasteiger partial charge in [0.2, 0.25) is 5.69 Å². The molecule has 3 heteroatoms. The third kappa shape index (κ3) is 0.936. The van der Waals surface area contributed by atoms with Gasteiger partial charge in [-0.3, -0.25) is 0 Å². The first-order valence-corrected chi connectivity index (χ1v) is 3.44. The molecule has 0 aliphatic carbocycles. The van der Waals surface area contributed by atoms with Gasteiger partial charge in [0.05, 0.1) is 5.38 Å². The SMILES string of the molecule is Cc1c(C#N)cs[n+]1C. The van der Waals surface area contributed by atoms with Crippen molar-refractivity contribution in [3.63, 3.8) is 0 Å². The molecule has 1 aromatic heterocycles. The normalized spacial score (nSPS) is 9.00. The molecule has 0 spiro atoms. The van der Waals surface area contributed by atoms with E-state index in [4.69, 9.17) is 5.26 Å². The average Bonchev–Trinajstić information content (AvgIpc) is 2.15. The highest BCUT2D eigenvalue weighted by Gasteiger charge is 2.09. The predicted octanol–water partition coefficient (Wildman–Crippen LogP) is 0.753. The van der Waals surface area contributed by atoms with Crippen molar-refractivity contribution in [3.8, 4) is 6.07 Å². The Bertz CT molecular complexity index is 257. The smallest absolute Gasteiger partial charge is 0.192 e. The van der Waals surface area contributed by atoms with Crippen LogP contribution < -0.4 is 3.96 Å². The minimum absolute atomic E-state index is 0.780. The van der Waals surface area contributed by atoms with Crippen molar-refractivity contribution in [2.75, 3.05) is 0 Å². The summed E-state index contributed by atoms with van der Waals surface area (Å²) in [6.45, 7) is 1.94. The van der Waals surface area contributed by atoms with Gasteiger partial charge in [-0.2, -0.15) is 5.26 Å². The van der Waals surface area contributed by atoms with Crippen LogP contribution in [0.1, 0.15) is 11.3 Å². The fourth-order valence-electron chi connectivity index (χ4n) is 0.573. The van der Waals surface area contributed by atoms with E-state index >= 15 is 0 Å². The van der Waals surface area contributed by atoms with Crippen molar-refractivity contribution in [2.24, 2.45) is 7.05 Å². The van der Waals surface area contributed by atoms with E-state index in [2.05, 4.69) is 6.07 Å². The molecule has 2 nitrogen and oxygen atoms in total. The summed E-state index contributed by atoms with van der Waals surface area (Å²) in [5.41, 5.74) is 1.82. The van der Waals surface area contributed by atoms with Crippen LogP contribution in [0, 0.1) is 18.3 Å². The molecule has 1 heterocycles. The van der Waals surface area contributed by atoms with E-state index in [-0.39, 0.29) is 0 Å². The van der Waals surface area contributed by atoms with Crippen LogP contribution in [0.2, 0.25) is 0 Å². The zero-order chi connectivity index (χ0) is 6.85. The fourth-order valence-corrected chi connectivity index (χ4v) is 1.32. The Balaban J connectivity index is 3.24. The lowest BCUT2D eigenvalue weighted by molar-refractivity contribution is -0.607. The number of aryl methyl sites for hydroxylation is 1. The Morgan fingerprint density at radius 2 is 2.44 bits per heavy atom. The Labute approximate surface area is 58.1 Å². The predicted molar refractivity (Wildman–Crippen MR) is 34.9 cm³/mol. The Hall–Kier alpha value is -0.880. The average molecular weight is 139 g/mol. The third-order valence-electron chi connectivity index (χ3n) is 1.31. The van der Waals surface area contributed by atoms with E-state index in [1.54, 1.807) is 11.5 Å². The van der Waals surface area contributed by atoms with Crippen LogP contribution in [0.25, 0.3) is 0 Å². The van der Waals surface area contributed by atoms with Crippen molar-refractivity contribution in [2.45, 2.75) is 6.92 Å². The molecule has 0 N–H and O–H groups in total. The molecule has 46 valence electrons. The molecule has 0 amide bonds. The molecule has 1 rings (SSSR count). The van der Waals surface area contributed by atoms with Crippen LogP contribution in [-0.4, -0.2) is 0 Å². The molecule has 0 unspecified atom stereocenters. The molecular weight excluding hydrogens is 132 g/mol. The number of nitriles is 1. The van der Waals surface area contributed by atoms with Gasteiger partial charge in [0.15, 0.2) is 7.05 Å². The first-order chi connectivity index (χ1) is 4.25. The topological polar surface area (TPSA) is 27.7 Å². The second kappa shape index (κ2) is 2.16. The highest BCUT2D eigenvalue weighted by molar-refractivity contribution is 6.99. The van der Waals surface area contributed by atoms with Crippen LogP contribution in [0.5, 0.6) is 0 Å². The highest BCUT2D eigenvalue weighted by Crippen LogP contribution is 2.03. The summed E-state index contributed by atoms with van der Waals surface area (Å²) in [7, 11) is 1.95. The largest absolute Gasteiger partial charge is 0.210 e. The minimum atomic E-state index is 0.780. The molecule has 0 aliphatic heterocycles. The molecule has 0 aromatic carbocycles. The third-order valence-corrected chi connectivity index (χ3v) is 2.24. The first-order valence-electron chi connectivity index (χ1n) is 2.60. The summed E-state index contributed by atoms with van der Waals surface area (Å²) in [6, 6.07) is 2.11. The van der Waals surface area contributed by atoms with Crippen molar-refractivity contribution >= 4 is 11.5 Å². The number of aromatic nitrogens is 1. The van der Waals surface area contributed by atoms with E-state index in [9.17, 15) is 0 Å². The zero-order valence-corrected chi connectivity index (χ0v) is 6.20. The summed E-state index contributed by atoms with van der Waals surface area (Å²) in [5, 5.41) is 10.3. The lowest BCUT2D eigenvalue weighted by atomic mass is 10.3. The molecule has 0 bridgehead atoms. The van der Waals surface area contributed by atoms with Crippen molar-refractivity contribution in [1.82, 2.24) is 0 Å². The summed E-state index contributed by atoms with van der Waals surface area (Å²) in [4.78, 5) is 0. The Morgan fingerprint density at radius 1 is 1.78 bits per heavy atom. The van der Waals surface area contributed by atoms with Gasteiger partial charge in [-0.15, -0.1) is 3.96 Å². The first kappa shape index (κ1) is 6.24. The molecule has 1 aromatic rings. The van der Waals surface area contributed by atoms with Crippen molar-refractivity contribution in [3.05, 3.63) is 16.6 Å². The second-order valence-corrected chi connectivity index (χ2v) is 2.83. The molecule has 0 aliphatic rings. The number of hydrogen-bond donors (Lipinski definition) is 0. The molecule has 0 radical (unpaired) electrons. The fraction of sp³-hybridized carbons (Fsp3) is 0.333. The lowest BCUT2D eigenvalue weighted by Gasteiger charge is -1.77. The van der Waals surface area contributed by atoms with Gasteiger partial charge >= 0.3 is 0 Å². The standard InChI is InChI=1S/C6H7N2S/c1-5-6(3-7)4-9-8(5)2/h4H,1-2H3/q+1. The summed E-state index contributed by atoms with van der Waals surface area (Å²) in [6.07, 6.45) is 0. The van der Waals surface area contributed by atoms with Crippen molar-refractivity contribution < 1.29 is 3.96 Å². The van der Waals surface area contributed by atoms with E-state index in [1.807, 2.05) is 23.3 Å². The van der Waals surface area contributed by atoms with Crippen LogP contribution in [0.15, 0.2) is 5.38 Å². The van der Waals surface area contributed by atoms with Crippen LogP contribution >= 0.6 is 11.5 Å². The summed E-state index contributed by atoms with van der Waals surface area (Å²) in [5.74, 6) is 0. The van der Waals surface area contributed by atoms with Gasteiger partial charge in [-0.1, -0.05) is 0 Å². The Kier molecular flexibility index (Phi) is 1.50. The maximum atomic E-state index is 8.48. The molecule has 0 saturated heterocycles. The van der Waals surface area contributed by atoms with Gasteiger partial charge < -0.3 is 0 Å². The molecule has 0 saturated carbocycles. The van der Waals surface area contributed by atoms with Gasteiger partial charge in [-0.25, -0.2) is 0 Å². The van der Waals surface area contributed by atoms with Crippen LogP contribution in [0.3, 0.4) is 0 Å². The van der Waals surface area contributed by atoms with Gasteiger partial charge in [0.25, 0.3) is 0 Å². The van der Waals surface area contributed by atoms with Gasteiger partial charge in [-0.05, 0) is 0 Å². The number of hydrogen-bond acceptors (Lipinski definition) is 2. The van der Waals surface area contributed by atoms with E-state index in [1.165, 1.54) is 0 Å². The van der Waals surface area contributed by atoms with Crippen molar-refractivity contribution in [1.29, 1.82) is 5.26 Å². The van der Waals surface area contributed by atoms with Crippen LogP contribution in [-0.2, 0) is 7.05 Å². The van der Waals surface area contributed by atoms with E-state index < -0.39 is 0 Å². The molecule has 9 heavy (non-hydrogen) atoms. The minimum Gasteiger partial charge on any atom is -0.192 e.